The van der Waals surface area contributed by atoms with E-state index in [1.807, 2.05) is 186 Å². The van der Waals surface area contributed by atoms with Crippen LogP contribution in [0, 0.1) is 29.6 Å². The number of methoxy groups -OCH3 is 1. The zero-order valence-electron chi connectivity index (χ0n) is 80.3. The number of imidazole rings is 1. The molecule has 0 spiro atoms. The number of fused-ring (bicyclic) bond motifs is 1. The Balaban J connectivity index is 0.000000279. The number of hydrogen-bond acceptors (Lipinski definition) is 23. The highest BCUT2D eigenvalue weighted by Crippen LogP contribution is 2.32. The highest BCUT2D eigenvalue weighted by Gasteiger charge is 2.38. The zero-order chi connectivity index (χ0) is 101. The number of benzene rings is 5. The molecule has 5 atom stereocenters. The average molecular weight is 1950 g/mol. The minimum atomic E-state index is -0.645. The Hall–Kier alpha value is -12.7. The molecular weight excluding hydrogens is 1820 g/mol. The van der Waals surface area contributed by atoms with Gasteiger partial charge in [0.1, 0.15) is 28.9 Å². The number of amides is 8. The lowest BCUT2D eigenvalue weighted by molar-refractivity contribution is -0.139. The van der Waals surface area contributed by atoms with Crippen molar-refractivity contribution in [2.24, 2.45) is 29.6 Å². The maximum Gasteiger partial charge on any atom is 0.323 e. The van der Waals surface area contributed by atoms with Crippen LogP contribution in [-0.2, 0) is 56.1 Å². The molecule has 8 aromatic rings. The molecule has 30 nitrogen and oxygen atoms in total. The number of hydroxylamine groups is 3. The summed E-state index contributed by atoms with van der Waals surface area (Å²) in [6, 6.07) is 43.1. The summed E-state index contributed by atoms with van der Waals surface area (Å²) in [5, 5.41) is 29.6. The molecule has 4 aliphatic heterocycles. The number of anilines is 1. The van der Waals surface area contributed by atoms with Gasteiger partial charge in [0, 0.05) is 168 Å². The van der Waals surface area contributed by atoms with Gasteiger partial charge in [-0.1, -0.05) is 194 Å². The van der Waals surface area contributed by atoms with Crippen LogP contribution in [0.4, 0.5) is 5.69 Å². The number of H-pyrrole nitrogens is 2. The van der Waals surface area contributed by atoms with Crippen molar-refractivity contribution in [3.63, 3.8) is 0 Å². The van der Waals surface area contributed by atoms with E-state index in [1.165, 1.54) is 66.0 Å². The maximum atomic E-state index is 12.0. The van der Waals surface area contributed by atoms with Crippen molar-refractivity contribution < 1.29 is 77.9 Å². The number of rotatable bonds is 40. The average Bonchev–Trinajstić information content (AvgIpc) is 1.78. The highest BCUT2D eigenvalue weighted by atomic mass is 32.2. The summed E-state index contributed by atoms with van der Waals surface area (Å²) in [6.45, 7) is 19.2. The van der Waals surface area contributed by atoms with Gasteiger partial charge in [-0.15, -0.1) is 0 Å². The fraction of sp³-hybridized carbons (Fsp3) is 0.359. The molecule has 3 aromatic heterocycles. The van der Waals surface area contributed by atoms with Crippen molar-refractivity contribution in [2.45, 2.75) is 132 Å². The maximum absolute atomic E-state index is 12.0. The third-order valence-corrected chi connectivity index (χ3v) is 24.6. The van der Waals surface area contributed by atoms with E-state index in [0.29, 0.717) is 49.9 Å². The Morgan fingerprint density at radius 3 is 1.35 bits per heavy atom. The van der Waals surface area contributed by atoms with Crippen LogP contribution in [0.15, 0.2) is 248 Å². The number of hydrogen-bond donors (Lipinski definition) is 9. The summed E-state index contributed by atoms with van der Waals surface area (Å²) in [6.07, 6.45) is 45.2. The smallest absolute Gasteiger partial charge is 0.323 e. The predicted octanol–water partition coefficient (Wildman–Crippen LogP) is 16.9. The molecule has 5 aromatic carbocycles. The highest BCUT2D eigenvalue weighted by molar-refractivity contribution is 7.97. The van der Waals surface area contributed by atoms with E-state index in [4.69, 9.17) is 20.4 Å². The van der Waals surface area contributed by atoms with E-state index in [9.17, 15) is 62.3 Å². The first kappa shape index (κ1) is 115. The SMILES string of the molecule is C=C(c1ccc(N(C)C)cc1)[C@H](C)/C=C(C)/C=C/C(=O)NO.COc1ccc(Cn2ccc3ccc(C(=O)NO)cc32)cc1.CSN1C[C@@H](C/C=C/CCC(C)=O)C1=O.CSN1C[C@@H](C/C=C\CCC(C)=O)C1=O.CSN1C[C@H](C/C=C/CCC(C)=O)C1=O.CSN1C[C@H](C/C=C\CCC(C)=O)C1=O.O=C(NO)c1cccc(C(=O)NCCc2ccccc2)c1.O=c1[nH]cc(-c2ccncc2)[nH]1. The van der Waals surface area contributed by atoms with E-state index in [-0.39, 0.29) is 93.5 Å². The van der Waals surface area contributed by atoms with E-state index in [1.54, 1.807) is 117 Å². The lowest BCUT2D eigenvalue weighted by Gasteiger charge is -2.35. The summed E-state index contributed by atoms with van der Waals surface area (Å²) in [4.78, 5) is 156. The van der Waals surface area contributed by atoms with Crippen molar-refractivity contribution in [2.75, 3.05) is 83.9 Å². The van der Waals surface area contributed by atoms with Crippen LogP contribution in [0.5, 0.6) is 5.75 Å². The fourth-order valence-electron chi connectivity index (χ4n) is 13.3. The monoisotopic (exact) mass is 1950 g/mol. The summed E-state index contributed by atoms with van der Waals surface area (Å²) >= 11 is 5.94. The fourth-order valence-corrected chi connectivity index (χ4v) is 15.9. The van der Waals surface area contributed by atoms with Gasteiger partial charge in [0.15, 0.2) is 0 Å². The number of allylic oxidation sites excluding steroid dienone is 12. The molecule has 12 rings (SSSR count). The number of ketones is 4. The number of aromatic nitrogens is 4. The number of pyridine rings is 1. The Morgan fingerprint density at radius 1 is 0.518 bits per heavy atom. The first-order chi connectivity index (χ1) is 65.7. The van der Waals surface area contributed by atoms with Crippen LogP contribution in [0.1, 0.15) is 166 Å². The van der Waals surface area contributed by atoms with Crippen LogP contribution in [-0.4, -0.2) is 202 Å². The Bertz CT molecular complexity index is 5260. The summed E-state index contributed by atoms with van der Waals surface area (Å²) in [7, 11) is 5.66. The van der Waals surface area contributed by atoms with Crippen LogP contribution < -0.4 is 37.1 Å². The van der Waals surface area contributed by atoms with Gasteiger partial charge in [0.25, 0.3) is 23.6 Å². The topological polar surface area (TPSA) is 406 Å². The van der Waals surface area contributed by atoms with Crippen molar-refractivity contribution in [1.82, 2.24) is 58.5 Å². The molecule has 0 bridgehead atoms. The molecule has 4 saturated heterocycles. The van der Waals surface area contributed by atoms with Crippen LogP contribution in [0.3, 0.4) is 0 Å². The van der Waals surface area contributed by atoms with Gasteiger partial charge < -0.3 is 48.7 Å². The third-order valence-electron chi connectivity index (χ3n) is 21.5. The first-order valence-corrected chi connectivity index (χ1v) is 49.4. The summed E-state index contributed by atoms with van der Waals surface area (Å²) in [5.41, 5.74) is 14.7. The second kappa shape index (κ2) is 63.6. The number of β-lactam (4-membered cyclic amide) rings is 4. The molecule has 0 unspecified atom stereocenters. The lowest BCUT2D eigenvalue weighted by Crippen LogP contribution is -2.47. The number of nitrogens with zero attached hydrogens (tertiary/aromatic N) is 7. The molecule has 0 aliphatic carbocycles. The third kappa shape index (κ3) is 42.2. The van der Waals surface area contributed by atoms with Crippen LogP contribution in [0.25, 0.3) is 27.7 Å². The minimum absolute atomic E-state index is 0.145. The minimum Gasteiger partial charge on any atom is -0.497 e. The molecule has 9 N–H and O–H groups in total. The molecular formula is C103H131N13O17S4. The molecule has 4 aliphatic rings. The molecule has 7 heterocycles. The van der Waals surface area contributed by atoms with Gasteiger partial charge in [-0.25, -0.2) is 21.2 Å². The van der Waals surface area contributed by atoms with E-state index >= 15 is 0 Å². The normalized spacial score (nSPS) is 15.3. The first-order valence-electron chi connectivity index (χ1n) is 44.7. The predicted molar refractivity (Wildman–Crippen MR) is 547 cm³/mol. The van der Waals surface area contributed by atoms with Gasteiger partial charge in [0.2, 0.25) is 23.6 Å². The molecule has 0 saturated carbocycles. The second-order valence-corrected chi connectivity index (χ2v) is 35.5. The lowest BCUT2D eigenvalue weighted by atomic mass is 9.93. The molecule has 734 valence electrons. The molecule has 8 amide bonds. The number of nitrogens with one attached hydrogen (secondary N) is 6. The van der Waals surface area contributed by atoms with E-state index in [2.05, 4.69) is 67.5 Å². The quantitative estimate of drug-likeness (QED) is 0.00327. The number of ether oxygens (including phenoxy) is 1. The van der Waals surface area contributed by atoms with E-state index < -0.39 is 17.7 Å². The standard InChI is InChI=1S/C18H24N2O2.C17H16N2O3.C16H16N2O3.4C11H17NO2S.C8H7N3O/c1-13(6-11-18(21)19-22)12-14(2)15(3)16-7-9-17(10-8-16)20(4)5;1-22-15-6-2-12(3-7-15)11-19-9-8-13-4-5-14(10-16(13)19)17(20)18-21;19-15(17-10-9-12-5-2-1-3-6-12)13-7-4-8-14(11-13)16(20)18-21;4*1-9(13)6-4-3-5-7-10-8-12(15-2)11(10)14;12-8-10-5-7(11-8)6-1-3-9-4-2-6/h6-12,14,22H,3H2,1-2,4-5H3,(H,19,21);2-10,21H,11H2,1H3,(H,18,20);1-8,11,21H,9-10H2,(H,17,19)(H,18,20);4*3,5,10H,4,6-8H2,1-2H3;1-5H,(H2,10,11,12)/b11-6+,13-12+;;;2*5-3+;2*5-3-;/t14-;;;4*10-;/m1..1010./s1. The van der Waals surface area contributed by atoms with E-state index in [0.717, 1.165) is 145 Å². The van der Waals surface area contributed by atoms with Gasteiger partial charge in [-0.2, -0.15) is 0 Å². The molecule has 0 radical (unpaired) electrons. The number of Topliss-reactive ketones (excluding diaryl/α,β-unsaturated/α-hetero) is 4. The van der Waals surface area contributed by atoms with Crippen molar-refractivity contribution in [1.29, 1.82) is 0 Å². The molecule has 137 heavy (non-hydrogen) atoms. The Labute approximate surface area is 820 Å². The van der Waals surface area contributed by atoms with Gasteiger partial charge in [-0.3, -0.25) is 76.2 Å². The van der Waals surface area contributed by atoms with Crippen molar-refractivity contribution in [3.8, 4) is 17.0 Å². The van der Waals surface area contributed by atoms with Gasteiger partial charge in [0.05, 0.1) is 36.5 Å². The number of carbonyl (C=O) groups excluding carboxylic acids is 12. The van der Waals surface area contributed by atoms with Crippen molar-refractivity contribution in [3.05, 3.63) is 287 Å². The van der Waals surface area contributed by atoms with Crippen LogP contribution >= 0.6 is 47.8 Å². The summed E-state index contributed by atoms with van der Waals surface area (Å²) < 4.78 is 14.3. The number of aromatic amines is 2. The Morgan fingerprint density at radius 2 is 0.956 bits per heavy atom. The van der Waals surface area contributed by atoms with Gasteiger partial charge >= 0.3 is 5.69 Å². The second-order valence-electron chi connectivity index (χ2n) is 32.3. The number of carbonyl (C=O) groups is 12. The van der Waals surface area contributed by atoms with Gasteiger partial charge in [-0.05, 0) is 199 Å². The van der Waals surface area contributed by atoms with Crippen molar-refractivity contribution >= 4 is 140 Å². The molecule has 34 heteroatoms. The zero-order valence-corrected chi connectivity index (χ0v) is 83.6. The molecule has 4 fully saturated rings. The largest absolute Gasteiger partial charge is 0.497 e. The van der Waals surface area contributed by atoms with Crippen LogP contribution in [0.2, 0.25) is 0 Å². The summed E-state index contributed by atoms with van der Waals surface area (Å²) in [5.74, 6) is 1.51. The Kier molecular flexibility index (Phi) is 53.3.